The van der Waals surface area contributed by atoms with E-state index in [1.807, 2.05) is 30.3 Å². The van der Waals surface area contributed by atoms with Crippen LogP contribution >= 0.6 is 0 Å². The van der Waals surface area contributed by atoms with Crippen molar-refractivity contribution in [2.24, 2.45) is 17.8 Å². The molecule has 1 aromatic carbocycles. The van der Waals surface area contributed by atoms with Gasteiger partial charge in [-0.15, -0.1) is 0 Å². The summed E-state index contributed by atoms with van der Waals surface area (Å²) in [7, 11) is 0. The molecule has 1 aromatic rings. The molecular weight excluding hydrogens is 254 g/mol. The van der Waals surface area contributed by atoms with Crippen LogP contribution in [-0.4, -0.2) is 23.8 Å². The van der Waals surface area contributed by atoms with Gasteiger partial charge in [-0.1, -0.05) is 42.5 Å². The predicted octanol–water partition coefficient (Wildman–Crippen LogP) is 2.10. The number of alkyl carbamates (subject to hydrolysis) is 1. The Morgan fingerprint density at radius 3 is 2.75 bits per heavy atom. The second-order valence-electron chi connectivity index (χ2n) is 5.53. The van der Waals surface area contributed by atoms with Crippen LogP contribution in [0.15, 0.2) is 42.5 Å². The molecule has 2 bridgehead atoms. The number of rotatable bonds is 4. The molecule has 0 spiro atoms. The summed E-state index contributed by atoms with van der Waals surface area (Å²) < 4.78 is 5.23. The lowest BCUT2D eigenvalue weighted by atomic mass is 9.90. The zero-order valence-electron chi connectivity index (χ0n) is 11.2. The van der Waals surface area contributed by atoms with Crippen LogP contribution in [0, 0.1) is 17.8 Å². The molecule has 2 aliphatic rings. The van der Waals surface area contributed by atoms with E-state index in [2.05, 4.69) is 17.5 Å². The molecule has 1 amide bonds. The molecule has 20 heavy (non-hydrogen) atoms. The summed E-state index contributed by atoms with van der Waals surface area (Å²) in [5, 5.41) is 12.4. The van der Waals surface area contributed by atoms with Gasteiger partial charge in [-0.2, -0.15) is 0 Å². The smallest absolute Gasteiger partial charge is 0.407 e. The highest BCUT2D eigenvalue weighted by Gasteiger charge is 2.44. The van der Waals surface area contributed by atoms with Crippen LogP contribution in [-0.2, 0) is 11.3 Å². The number of nitrogens with one attached hydrogen (secondary N) is 1. The Bertz CT molecular complexity index is 500. The van der Waals surface area contributed by atoms with E-state index >= 15 is 0 Å². The molecule has 0 unspecified atom stereocenters. The van der Waals surface area contributed by atoms with Crippen molar-refractivity contribution in [2.75, 3.05) is 6.61 Å². The van der Waals surface area contributed by atoms with Crippen molar-refractivity contribution in [2.45, 2.75) is 19.1 Å². The molecule has 0 aliphatic heterocycles. The Balaban J connectivity index is 1.53. The lowest BCUT2D eigenvalue weighted by Crippen LogP contribution is -2.44. The second-order valence-corrected chi connectivity index (χ2v) is 5.53. The number of benzene rings is 1. The van der Waals surface area contributed by atoms with Gasteiger partial charge in [0, 0.05) is 18.6 Å². The zero-order chi connectivity index (χ0) is 13.9. The molecule has 0 radical (unpaired) electrons. The van der Waals surface area contributed by atoms with Gasteiger partial charge in [-0.3, -0.25) is 0 Å². The summed E-state index contributed by atoms with van der Waals surface area (Å²) in [5.41, 5.74) is 0.967. The first-order valence-electron chi connectivity index (χ1n) is 7.04. The van der Waals surface area contributed by atoms with E-state index in [1.54, 1.807) is 0 Å². The maximum absolute atomic E-state index is 11.9. The zero-order valence-corrected chi connectivity index (χ0v) is 11.2. The first kappa shape index (κ1) is 13.2. The number of amides is 1. The highest BCUT2D eigenvalue weighted by atomic mass is 16.5. The third-order valence-electron chi connectivity index (χ3n) is 4.33. The first-order valence-corrected chi connectivity index (χ1v) is 7.04. The van der Waals surface area contributed by atoms with Crippen LogP contribution in [0.2, 0.25) is 0 Å². The normalized spacial score (nSPS) is 30.4. The van der Waals surface area contributed by atoms with Crippen LogP contribution in [0.3, 0.4) is 0 Å². The summed E-state index contributed by atoms with van der Waals surface area (Å²) in [4.78, 5) is 11.9. The molecule has 4 atom stereocenters. The predicted molar refractivity (Wildman–Crippen MR) is 74.9 cm³/mol. The van der Waals surface area contributed by atoms with Crippen LogP contribution < -0.4 is 5.32 Å². The van der Waals surface area contributed by atoms with Gasteiger partial charge in [0.15, 0.2) is 0 Å². The second kappa shape index (κ2) is 5.67. The van der Waals surface area contributed by atoms with Gasteiger partial charge >= 0.3 is 6.09 Å². The lowest BCUT2D eigenvalue weighted by molar-refractivity contribution is 0.122. The minimum absolute atomic E-state index is 0.00160. The van der Waals surface area contributed by atoms with Crippen LogP contribution in [0.4, 0.5) is 4.79 Å². The molecule has 1 fully saturated rings. The number of allylic oxidation sites excluding steroid dienone is 1. The quantitative estimate of drug-likeness (QED) is 0.826. The standard InChI is InChI=1S/C16H19NO3/c18-9-14-12-6-7-13(8-12)15(14)17-16(19)20-10-11-4-2-1-3-5-11/h1-7,12-15,18H,8-10H2,(H,17,19)/t12-,13+,14-,15+/m1/s1. The number of hydrogen-bond acceptors (Lipinski definition) is 3. The van der Waals surface area contributed by atoms with E-state index in [0.29, 0.717) is 11.8 Å². The maximum Gasteiger partial charge on any atom is 0.407 e. The topological polar surface area (TPSA) is 58.6 Å². The Morgan fingerprint density at radius 2 is 2.00 bits per heavy atom. The van der Waals surface area contributed by atoms with Crippen molar-refractivity contribution >= 4 is 6.09 Å². The summed E-state index contributed by atoms with van der Waals surface area (Å²) in [6, 6.07) is 9.60. The Hall–Kier alpha value is -1.81. The number of carbonyl (C=O) groups is 1. The van der Waals surface area contributed by atoms with Crippen LogP contribution in [0.5, 0.6) is 0 Å². The number of hydrogen-bond donors (Lipinski definition) is 2. The van der Waals surface area contributed by atoms with Gasteiger partial charge < -0.3 is 15.2 Å². The highest BCUT2D eigenvalue weighted by Crippen LogP contribution is 2.43. The summed E-state index contributed by atoms with van der Waals surface area (Å²) >= 11 is 0. The molecule has 2 N–H and O–H groups in total. The molecule has 4 heteroatoms. The summed E-state index contributed by atoms with van der Waals surface area (Å²) in [6.45, 7) is 0.377. The molecule has 106 valence electrons. The van der Waals surface area contributed by atoms with E-state index in [-0.39, 0.29) is 25.2 Å². The monoisotopic (exact) mass is 273 g/mol. The van der Waals surface area contributed by atoms with Crippen LogP contribution in [0.1, 0.15) is 12.0 Å². The van der Waals surface area contributed by atoms with Crippen molar-refractivity contribution in [3.8, 4) is 0 Å². The lowest BCUT2D eigenvalue weighted by Gasteiger charge is -2.26. The highest BCUT2D eigenvalue weighted by molar-refractivity contribution is 5.68. The summed E-state index contributed by atoms with van der Waals surface area (Å²) in [6.07, 6.45) is 4.91. The minimum atomic E-state index is -0.404. The number of ether oxygens (including phenoxy) is 1. The Kier molecular flexibility index (Phi) is 3.74. The fourth-order valence-electron chi connectivity index (χ4n) is 3.29. The average molecular weight is 273 g/mol. The number of aliphatic hydroxyl groups is 1. The average Bonchev–Trinajstić information content (AvgIpc) is 3.07. The maximum atomic E-state index is 11.9. The fraction of sp³-hybridized carbons (Fsp3) is 0.438. The van der Waals surface area contributed by atoms with Crippen molar-refractivity contribution in [3.63, 3.8) is 0 Å². The van der Waals surface area contributed by atoms with E-state index in [9.17, 15) is 9.90 Å². The fourth-order valence-corrected chi connectivity index (χ4v) is 3.29. The van der Waals surface area contributed by atoms with Crippen molar-refractivity contribution in [1.82, 2.24) is 5.32 Å². The van der Waals surface area contributed by atoms with Gasteiger partial charge in [-0.25, -0.2) is 4.79 Å². The minimum Gasteiger partial charge on any atom is -0.445 e. The molecule has 3 rings (SSSR count). The Labute approximate surface area is 118 Å². The number of aliphatic hydroxyl groups excluding tert-OH is 1. The van der Waals surface area contributed by atoms with Gasteiger partial charge in [0.05, 0.1) is 0 Å². The summed E-state index contributed by atoms with van der Waals surface area (Å²) in [5.74, 6) is 0.847. The molecule has 0 saturated heterocycles. The molecule has 0 aromatic heterocycles. The van der Waals surface area contributed by atoms with Gasteiger partial charge in [-0.05, 0) is 23.8 Å². The van der Waals surface area contributed by atoms with Crippen LogP contribution in [0.25, 0.3) is 0 Å². The van der Waals surface area contributed by atoms with Crippen molar-refractivity contribution < 1.29 is 14.6 Å². The van der Waals surface area contributed by atoms with E-state index < -0.39 is 6.09 Å². The van der Waals surface area contributed by atoms with Gasteiger partial charge in [0.1, 0.15) is 6.61 Å². The number of carbonyl (C=O) groups excluding carboxylic acids is 1. The molecule has 2 aliphatic carbocycles. The van der Waals surface area contributed by atoms with Gasteiger partial charge in [0.2, 0.25) is 0 Å². The first-order chi connectivity index (χ1) is 9.78. The molecule has 4 nitrogen and oxygen atoms in total. The molecule has 0 heterocycles. The SMILES string of the molecule is O=C(N[C@@H]1[C@H](CO)[C@@H]2C=C[C@H]1C2)OCc1ccccc1. The molecular formula is C16H19NO3. The van der Waals surface area contributed by atoms with Gasteiger partial charge in [0.25, 0.3) is 0 Å². The third-order valence-corrected chi connectivity index (χ3v) is 4.33. The van der Waals surface area contributed by atoms with Crippen molar-refractivity contribution in [3.05, 3.63) is 48.0 Å². The molecule has 1 saturated carbocycles. The number of fused-ring (bicyclic) bond motifs is 2. The van der Waals surface area contributed by atoms with E-state index in [4.69, 9.17) is 4.74 Å². The van der Waals surface area contributed by atoms with E-state index in [0.717, 1.165) is 12.0 Å². The van der Waals surface area contributed by atoms with Crippen molar-refractivity contribution in [1.29, 1.82) is 0 Å². The third kappa shape index (κ3) is 2.56. The Morgan fingerprint density at radius 1 is 1.25 bits per heavy atom. The largest absolute Gasteiger partial charge is 0.445 e. The van der Waals surface area contributed by atoms with E-state index in [1.165, 1.54) is 0 Å².